The highest BCUT2D eigenvalue weighted by atomic mass is 35.5. The number of esters is 1. The van der Waals surface area contributed by atoms with Gasteiger partial charge in [0.1, 0.15) is 11.5 Å². The van der Waals surface area contributed by atoms with Crippen molar-refractivity contribution in [2.24, 2.45) is 0 Å². The Hall–Kier alpha value is -3.76. The first-order chi connectivity index (χ1) is 15.6. The minimum Gasteiger partial charge on any atom is -0.456 e. The van der Waals surface area contributed by atoms with Crippen molar-refractivity contribution in [3.8, 4) is 11.5 Å². The zero-order valence-electron chi connectivity index (χ0n) is 17.2. The number of anilines is 2. The molecule has 0 fully saturated rings. The van der Waals surface area contributed by atoms with E-state index in [-0.39, 0.29) is 5.97 Å². The molecule has 0 aliphatic carbocycles. The predicted octanol–water partition coefficient (Wildman–Crippen LogP) is 6.96. The van der Waals surface area contributed by atoms with Crippen molar-refractivity contribution in [1.82, 2.24) is 0 Å². The number of ether oxygens (including phenoxy) is 2. The van der Waals surface area contributed by atoms with Crippen LogP contribution in [0.1, 0.15) is 32.6 Å². The molecule has 0 bridgehead atoms. The molecule has 4 aromatic rings. The lowest BCUT2D eigenvalue weighted by Crippen LogP contribution is -2.34. The van der Waals surface area contributed by atoms with Crippen LogP contribution < -0.4 is 10.1 Å². The van der Waals surface area contributed by atoms with E-state index in [1.54, 1.807) is 0 Å². The van der Waals surface area contributed by atoms with Crippen molar-refractivity contribution in [1.29, 1.82) is 0 Å². The quantitative estimate of drug-likeness (QED) is 0.343. The summed E-state index contributed by atoms with van der Waals surface area (Å²) in [6.07, 6.45) is 0. The molecule has 0 saturated heterocycles. The van der Waals surface area contributed by atoms with Crippen molar-refractivity contribution >= 4 is 28.9 Å². The number of benzene rings is 4. The molecular weight excluding hydrogens is 422 g/mol. The van der Waals surface area contributed by atoms with Crippen LogP contribution in [0.2, 0.25) is 5.02 Å². The fourth-order valence-corrected chi connectivity index (χ4v) is 4.91. The first kappa shape index (κ1) is 19.0. The molecule has 6 rings (SSSR count). The van der Waals surface area contributed by atoms with Crippen LogP contribution in [0, 0.1) is 6.92 Å². The van der Waals surface area contributed by atoms with Gasteiger partial charge in [-0.1, -0.05) is 54.1 Å². The van der Waals surface area contributed by atoms with E-state index in [9.17, 15) is 4.79 Å². The third-order valence-electron chi connectivity index (χ3n) is 6.09. The lowest BCUT2D eigenvalue weighted by molar-refractivity contribution is 0.0222. The van der Waals surface area contributed by atoms with E-state index in [1.165, 1.54) is 0 Å². The second-order valence-electron chi connectivity index (χ2n) is 7.98. The second kappa shape index (κ2) is 6.87. The van der Waals surface area contributed by atoms with Gasteiger partial charge in [0.2, 0.25) is 0 Å². The molecule has 0 amide bonds. The van der Waals surface area contributed by atoms with E-state index in [2.05, 4.69) is 5.32 Å². The molecule has 4 nitrogen and oxygen atoms in total. The van der Waals surface area contributed by atoms with Crippen LogP contribution in [-0.4, -0.2) is 5.97 Å². The van der Waals surface area contributed by atoms with Gasteiger partial charge >= 0.3 is 5.97 Å². The number of hydrogen-bond donors (Lipinski definition) is 1. The van der Waals surface area contributed by atoms with E-state index in [0.717, 1.165) is 33.6 Å². The molecule has 0 saturated carbocycles. The van der Waals surface area contributed by atoms with Crippen molar-refractivity contribution < 1.29 is 14.3 Å². The highest BCUT2D eigenvalue weighted by Crippen LogP contribution is 2.57. The molecule has 156 valence electrons. The maximum absolute atomic E-state index is 13.0. The SMILES string of the molecule is Cc1cccc2c1C1(OC(=O)c3ccccc31)c1cc(Nc3ccccc3Cl)ccc1O2. The van der Waals surface area contributed by atoms with Crippen LogP contribution in [0.5, 0.6) is 11.5 Å². The van der Waals surface area contributed by atoms with Crippen molar-refractivity contribution in [3.63, 3.8) is 0 Å². The fraction of sp³-hybridized carbons (Fsp3) is 0.0741. The van der Waals surface area contributed by atoms with Gasteiger partial charge in [-0.05, 0) is 55.0 Å². The van der Waals surface area contributed by atoms with Gasteiger partial charge in [0, 0.05) is 16.8 Å². The van der Waals surface area contributed by atoms with Gasteiger partial charge in [0.25, 0.3) is 0 Å². The summed E-state index contributed by atoms with van der Waals surface area (Å²) in [5, 5.41) is 3.99. The summed E-state index contributed by atoms with van der Waals surface area (Å²) in [7, 11) is 0. The Morgan fingerprint density at radius 1 is 0.844 bits per heavy atom. The number of hydrogen-bond acceptors (Lipinski definition) is 4. The Kier molecular flexibility index (Phi) is 4.07. The monoisotopic (exact) mass is 439 g/mol. The summed E-state index contributed by atoms with van der Waals surface area (Å²) in [6.45, 7) is 2.01. The second-order valence-corrected chi connectivity index (χ2v) is 8.39. The predicted molar refractivity (Wildman–Crippen MR) is 124 cm³/mol. The molecule has 5 heteroatoms. The third-order valence-corrected chi connectivity index (χ3v) is 6.42. The average Bonchev–Trinajstić information content (AvgIpc) is 3.09. The van der Waals surface area contributed by atoms with E-state index < -0.39 is 5.60 Å². The summed E-state index contributed by atoms with van der Waals surface area (Å²) in [5.41, 5.74) is 4.52. The number of para-hydroxylation sites is 1. The molecule has 1 atom stereocenters. The Morgan fingerprint density at radius 2 is 1.66 bits per heavy atom. The number of carbonyl (C=O) groups is 1. The van der Waals surface area contributed by atoms with Crippen molar-refractivity contribution in [2.75, 3.05) is 5.32 Å². The number of nitrogens with one attached hydrogen (secondary N) is 1. The van der Waals surface area contributed by atoms with Crippen LogP contribution in [0.25, 0.3) is 0 Å². The molecule has 0 radical (unpaired) electrons. The van der Waals surface area contributed by atoms with Crippen LogP contribution in [0.3, 0.4) is 0 Å². The number of carbonyl (C=O) groups excluding carboxylic acids is 1. The van der Waals surface area contributed by atoms with Crippen LogP contribution >= 0.6 is 11.6 Å². The first-order valence-corrected chi connectivity index (χ1v) is 10.7. The van der Waals surface area contributed by atoms with E-state index in [1.807, 2.05) is 91.9 Å². The standard InChI is InChI=1S/C27H18ClNO3/c1-16-7-6-12-24-25(16)27(19-9-3-2-8-18(19)26(30)32-27)20-15-17(13-14-23(20)31-24)29-22-11-5-4-10-21(22)28/h2-15,29H,1H3. The summed E-state index contributed by atoms with van der Waals surface area (Å²) >= 11 is 6.36. The van der Waals surface area contributed by atoms with Gasteiger partial charge in [-0.25, -0.2) is 4.79 Å². The highest BCUT2D eigenvalue weighted by molar-refractivity contribution is 6.33. The van der Waals surface area contributed by atoms with Gasteiger partial charge in [-0.15, -0.1) is 0 Å². The largest absolute Gasteiger partial charge is 0.456 e. The normalized spacial score (nSPS) is 17.8. The molecule has 2 aliphatic heterocycles. The number of aryl methyl sites for hydroxylation is 1. The van der Waals surface area contributed by atoms with Crippen molar-refractivity contribution in [3.05, 3.63) is 118 Å². The zero-order chi connectivity index (χ0) is 21.9. The molecule has 0 aromatic heterocycles. The molecule has 2 heterocycles. The Labute approximate surface area is 190 Å². The Morgan fingerprint density at radius 3 is 2.53 bits per heavy atom. The van der Waals surface area contributed by atoms with Gasteiger partial charge < -0.3 is 14.8 Å². The lowest BCUT2D eigenvalue weighted by atomic mass is 9.76. The third kappa shape index (κ3) is 2.60. The van der Waals surface area contributed by atoms with Gasteiger partial charge in [0.05, 0.1) is 21.8 Å². The lowest BCUT2D eigenvalue weighted by Gasteiger charge is -2.37. The molecule has 1 unspecified atom stereocenters. The summed E-state index contributed by atoms with van der Waals surface area (Å²) in [6, 6.07) is 26.8. The molecule has 1 N–H and O–H groups in total. The molecular formula is C27H18ClNO3. The zero-order valence-corrected chi connectivity index (χ0v) is 17.9. The van der Waals surface area contributed by atoms with E-state index >= 15 is 0 Å². The van der Waals surface area contributed by atoms with Crippen LogP contribution in [0.15, 0.2) is 84.9 Å². The van der Waals surface area contributed by atoms with Gasteiger partial charge in [-0.3, -0.25) is 0 Å². The summed E-state index contributed by atoms with van der Waals surface area (Å²) < 4.78 is 12.5. The molecule has 2 aliphatic rings. The molecule has 32 heavy (non-hydrogen) atoms. The summed E-state index contributed by atoms with van der Waals surface area (Å²) in [5.74, 6) is 0.998. The molecule has 4 aromatic carbocycles. The van der Waals surface area contributed by atoms with Gasteiger partial charge in [-0.2, -0.15) is 0 Å². The van der Waals surface area contributed by atoms with Crippen LogP contribution in [-0.2, 0) is 10.3 Å². The minimum absolute atomic E-state index is 0.341. The first-order valence-electron chi connectivity index (χ1n) is 10.3. The van der Waals surface area contributed by atoms with E-state index in [4.69, 9.17) is 21.1 Å². The summed E-state index contributed by atoms with van der Waals surface area (Å²) in [4.78, 5) is 13.0. The van der Waals surface area contributed by atoms with Gasteiger partial charge in [0.15, 0.2) is 5.60 Å². The number of halogens is 1. The molecule has 1 spiro atoms. The minimum atomic E-state index is -1.08. The maximum atomic E-state index is 13.0. The van der Waals surface area contributed by atoms with Crippen LogP contribution in [0.4, 0.5) is 11.4 Å². The Bertz CT molecular complexity index is 1410. The fourth-order valence-electron chi connectivity index (χ4n) is 4.72. The average molecular weight is 440 g/mol. The number of rotatable bonds is 2. The van der Waals surface area contributed by atoms with E-state index in [0.29, 0.717) is 22.1 Å². The highest BCUT2D eigenvalue weighted by Gasteiger charge is 2.54. The smallest absolute Gasteiger partial charge is 0.340 e. The maximum Gasteiger partial charge on any atom is 0.340 e. The topological polar surface area (TPSA) is 47.6 Å². The Balaban J connectivity index is 1.61. The van der Waals surface area contributed by atoms with Crippen molar-refractivity contribution in [2.45, 2.75) is 12.5 Å². The number of fused-ring (bicyclic) bond motifs is 6.